The molecule has 7 heteroatoms. The monoisotopic (exact) mass is 362 g/mol. The smallest absolute Gasteiger partial charge is 0.243 e. The van der Waals surface area contributed by atoms with Crippen molar-refractivity contribution in [3.8, 4) is 0 Å². The van der Waals surface area contributed by atoms with E-state index in [4.69, 9.17) is 0 Å². The highest BCUT2D eigenvalue weighted by atomic mass is 79.9. The number of carbonyl (C=O) groups excluding carboxylic acids is 1. The molecule has 0 aromatic heterocycles. The van der Waals surface area contributed by atoms with Crippen LogP contribution in [0.25, 0.3) is 0 Å². The normalized spacial score (nSPS) is 11.7. The van der Waals surface area contributed by atoms with Crippen molar-refractivity contribution in [2.45, 2.75) is 25.7 Å². The van der Waals surface area contributed by atoms with Crippen molar-refractivity contribution < 1.29 is 13.2 Å². The zero-order valence-corrected chi connectivity index (χ0v) is 14.2. The highest BCUT2D eigenvalue weighted by Gasteiger charge is 2.25. The summed E-state index contributed by atoms with van der Waals surface area (Å²) in [5, 5.41) is 2.60. The SMILES string of the molecule is CCNC(=O)CN(CC)S(=O)(=O)c1ccc(Br)c(C)c1. The molecule has 0 spiro atoms. The summed E-state index contributed by atoms with van der Waals surface area (Å²) in [6.45, 7) is 5.89. The Bertz CT molecular complexity index is 587. The number of likely N-dealkylation sites (N-methyl/N-ethyl adjacent to an activating group) is 2. The summed E-state index contributed by atoms with van der Waals surface area (Å²) >= 11 is 3.34. The fraction of sp³-hybridized carbons (Fsp3) is 0.462. The number of sulfonamides is 1. The molecule has 0 saturated carbocycles. The lowest BCUT2D eigenvalue weighted by Gasteiger charge is -2.20. The van der Waals surface area contributed by atoms with Crippen LogP contribution in [0.1, 0.15) is 19.4 Å². The molecule has 0 fully saturated rings. The Morgan fingerprint density at radius 1 is 1.35 bits per heavy atom. The summed E-state index contributed by atoms with van der Waals surface area (Å²) in [5.41, 5.74) is 0.833. The predicted octanol–water partition coefficient (Wildman–Crippen LogP) is 1.90. The average Bonchev–Trinajstić information content (AvgIpc) is 2.39. The predicted molar refractivity (Wildman–Crippen MR) is 82.0 cm³/mol. The van der Waals surface area contributed by atoms with Gasteiger partial charge in [0, 0.05) is 17.6 Å². The van der Waals surface area contributed by atoms with Crippen LogP contribution in [0.2, 0.25) is 0 Å². The van der Waals surface area contributed by atoms with E-state index in [0.29, 0.717) is 6.54 Å². The van der Waals surface area contributed by atoms with Gasteiger partial charge in [-0.3, -0.25) is 4.79 Å². The van der Waals surface area contributed by atoms with Crippen molar-refractivity contribution >= 4 is 31.9 Å². The summed E-state index contributed by atoms with van der Waals surface area (Å²) in [6.07, 6.45) is 0. The number of aryl methyl sites for hydroxylation is 1. The molecule has 20 heavy (non-hydrogen) atoms. The minimum Gasteiger partial charge on any atom is -0.355 e. The quantitative estimate of drug-likeness (QED) is 0.840. The van der Waals surface area contributed by atoms with E-state index in [0.717, 1.165) is 10.0 Å². The molecule has 0 atom stereocenters. The molecule has 0 radical (unpaired) electrons. The Morgan fingerprint density at radius 3 is 2.50 bits per heavy atom. The lowest BCUT2D eigenvalue weighted by atomic mass is 10.2. The number of halogens is 1. The highest BCUT2D eigenvalue weighted by molar-refractivity contribution is 9.10. The van der Waals surface area contributed by atoms with Gasteiger partial charge in [0.1, 0.15) is 0 Å². The Labute approximate surface area is 128 Å². The third-order valence-corrected chi connectivity index (χ3v) is 5.62. The van der Waals surface area contributed by atoms with E-state index in [1.54, 1.807) is 26.0 Å². The van der Waals surface area contributed by atoms with Gasteiger partial charge in [-0.05, 0) is 37.6 Å². The van der Waals surface area contributed by atoms with Crippen molar-refractivity contribution in [1.82, 2.24) is 9.62 Å². The maximum absolute atomic E-state index is 12.5. The lowest BCUT2D eigenvalue weighted by Crippen LogP contribution is -2.40. The van der Waals surface area contributed by atoms with E-state index in [-0.39, 0.29) is 23.9 Å². The van der Waals surface area contributed by atoms with Gasteiger partial charge in [-0.25, -0.2) is 8.42 Å². The zero-order valence-electron chi connectivity index (χ0n) is 11.8. The van der Waals surface area contributed by atoms with Gasteiger partial charge in [0.25, 0.3) is 0 Å². The van der Waals surface area contributed by atoms with E-state index in [9.17, 15) is 13.2 Å². The van der Waals surface area contributed by atoms with E-state index >= 15 is 0 Å². The molecule has 0 heterocycles. The van der Waals surface area contributed by atoms with E-state index in [1.165, 1.54) is 10.4 Å². The van der Waals surface area contributed by atoms with Crippen molar-refractivity contribution in [2.75, 3.05) is 19.6 Å². The van der Waals surface area contributed by atoms with Crippen LogP contribution in [0, 0.1) is 6.92 Å². The molecule has 1 aromatic carbocycles. The van der Waals surface area contributed by atoms with Crippen LogP contribution in [0.4, 0.5) is 0 Å². The second kappa shape index (κ2) is 7.19. The van der Waals surface area contributed by atoms with Crippen LogP contribution in [-0.4, -0.2) is 38.3 Å². The molecule has 5 nitrogen and oxygen atoms in total. The summed E-state index contributed by atoms with van der Waals surface area (Å²) in [5.74, 6) is -0.299. The molecule has 1 N–H and O–H groups in total. The zero-order chi connectivity index (χ0) is 15.3. The van der Waals surface area contributed by atoms with Gasteiger partial charge in [0.05, 0.1) is 11.4 Å². The first-order valence-electron chi connectivity index (χ1n) is 6.35. The topological polar surface area (TPSA) is 66.5 Å². The van der Waals surface area contributed by atoms with Gasteiger partial charge in [0.2, 0.25) is 15.9 Å². The maximum Gasteiger partial charge on any atom is 0.243 e. The first-order valence-corrected chi connectivity index (χ1v) is 8.59. The van der Waals surface area contributed by atoms with Crippen LogP contribution >= 0.6 is 15.9 Å². The minimum atomic E-state index is -3.65. The maximum atomic E-state index is 12.5. The van der Waals surface area contributed by atoms with Crippen molar-refractivity contribution in [2.24, 2.45) is 0 Å². The minimum absolute atomic E-state index is 0.165. The number of benzene rings is 1. The van der Waals surface area contributed by atoms with Crippen LogP contribution in [0.3, 0.4) is 0 Å². The number of carbonyl (C=O) groups is 1. The molecule has 0 aliphatic carbocycles. The lowest BCUT2D eigenvalue weighted by molar-refractivity contribution is -0.121. The van der Waals surface area contributed by atoms with E-state index < -0.39 is 10.0 Å². The van der Waals surface area contributed by atoms with Gasteiger partial charge in [0.15, 0.2) is 0 Å². The molecule has 112 valence electrons. The van der Waals surface area contributed by atoms with Crippen molar-refractivity contribution in [3.63, 3.8) is 0 Å². The van der Waals surface area contributed by atoms with Gasteiger partial charge in [-0.15, -0.1) is 0 Å². The van der Waals surface area contributed by atoms with Crippen LogP contribution in [-0.2, 0) is 14.8 Å². The number of nitrogens with zero attached hydrogens (tertiary/aromatic N) is 1. The summed E-state index contributed by atoms with van der Waals surface area (Å²) in [6, 6.07) is 4.83. The van der Waals surface area contributed by atoms with Crippen LogP contribution < -0.4 is 5.32 Å². The summed E-state index contributed by atoms with van der Waals surface area (Å²) in [4.78, 5) is 11.8. The average molecular weight is 363 g/mol. The number of hydrogen-bond donors (Lipinski definition) is 1. The fourth-order valence-corrected chi connectivity index (χ4v) is 3.44. The van der Waals surface area contributed by atoms with Gasteiger partial charge in [-0.1, -0.05) is 22.9 Å². The second-order valence-corrected chi connectivity index (χ2v) is 7.09. The number of rotatable bonds is 6. The molecule has 0 aliphatic rings. The Morgan fingerprint density at radius 2 is 2.00 bits per heavy atom. The van der Waals surface area contributed by atoms with E-state index in [2.05, 4.69) is 21.2 Å². The standard InChI is InChI=1S/C13H19BrN2O3S/c1-4-15-13(17)9-16(5-2)20(18,19)11-6-7-12(14)10(3)8-11/h6-8H,4-5,9H2,1-3H3,(H,15,17). The molecule has 1 aromatic rings. The molecule has 0 unspecified atom stereocenters. The molecular formula is C13H19BrN2O3S. The summed E-state index contributed by atoms with van der Waals surface area (Å²) < 4.78 is 27.0. The van der Waals surface area contributed by atoms with Crippen LogP contribution in [0.15, 0.2) is 27.6 Å². The number of hydrogen-bond acceptors (Lipinski definition) is 3. The molecule has 1 rings (SSSR count). The Balaban J connectivity index is 3.05. The second-order valence-electron chi connectivity index (χ2n) is 4.30. The van der Waals surface area contributed by atoms with Gasteiger partial charge < -0.3 is 5.32 Å². The van der Waals surface area contributed by atoms with E-state index in [1.807, 2.05) is 6.92 Å². The molecule has 0 aliphatic heterocycles. The third-order valence-electron chi connectivity index (χ3n) is 2.81. The van der Waals surface area contributed by atoms with Crippen LogP contribution in [0.5, 0.6) is 0 Å². The third kappa shape index (κ3) is 4.04. The molecule has 0 bridgehead atoms. The van der Waals surface area contributed by atoms with Crippen molar-refractivity contribution in [3.05, 3.63) is 28.2 Å². The number of amides is 1. The summed E-state index contributed by atoms with van der Waals surface area (Å²) in [7, 11) is -3.65. The first-order chi connectivity index (χ1) is 9.32. The Kier molecular flexibility index (Phi) is 6.16. The number of nitrogens with one attached hydrogen (secondary N) is 1. The fourth-order valence-electron chi connectivity index (χ4n) is 1.71. The molecule has 1 amide bonds. The van der Waals surface area contributed by atoms with Gasteiger partial charge in [-0.2, -0.15) is 4.31 Å². The Hall–Kier alpha value is -0.920. The largest absolute Gasteiger partial charge is 0.355 e. The van der Waals surface area contributed by atoms with Gasteiger partial charge >= 0.3 is 0 Å². The van der Waals surface area contributed by atoms with Crippen molar-refractivity contribution in [1.29, 1.82) is 0 Å². The first kappa shape index (κ1) is 17.1. The molecule has 0 saturated heterocycles. The molecular weight excluding hydrogens is 344 g/mol. The highest BCUT2D eigenvalue weighted by Crippen LogP contribution is 2.22.